The second kappa shape index (κ2) is 5.07. The van der Waals surface area contributed by atoms with Gasteiger partial charge >= 0.3 is 5.97 Å². The first-order valence-electron chi connectivity index (χ1n) is 4.39. The number of aldehydes is 1. The topological polar surface area (TPSA) is 43.4 Å². The van der Waals surface area contributed by atoms with E-state index in [9.17, 15) is 9.59 Å². The molecule has 0 aliphatic rings. The Labute approximate surface area is 96.6 Å². The van der Waals surface area contributed by atoms with Crippen LogP contribution < -0.4 is 0 Å². The summed E-state index contributed by atoms with van der Waals surface area (Å²) in [4.78, 5) is 21.8. The van der Waals surface area contributed by atoms with E-state index in [1.807, 2.05) is 6.92 Å². The van der Waals surface area contributed by atoms with Gasteiger partial charge in [0.15, 0.2) is 0 Å². The molecule has 0 spiro atoms. The maximum Gasteiger partial charge on any atom is 0.310 e. The number of benzene rings is 1. The Bertz CT molecular complexity index is 399. The van der Waals surface area contributed by atoms with Gasteiger partial charge in [0.05, 0.1) is 13.5 Å². The summed E-state index contributed by atoms with van der Waals surface area (Å²) in [5, 5.41) is 0. The quantitative estimate of drug-likeness (QED) is 0.625. The van der Waals surface area contributed by atoms with Gasteiger partial charge in [-0.3, -0.25) is 9.59 Å². The van der Waals surface area contributed by atoms with E-state index in [0.717, 1.165) is 21.9 Å². The van der Waals surface area contributed by atoms with Gasteiger partial charge in [-0.15, -0.1) is 0 Å². The first-order chi connectivity index (χ1) is 7.08. The molecule has 0 saturated carbocycles. The predicted molar refractivity (Wildman–Crippen MR) is 60.0 cm³/mol. The van der Waals surface area contributed by atoms with Crippen LogP contribution in [0.4, 0.5) is 0 Å². The fourth-order valence-corrected chi connectivity index (χ4v) is 1.67. The van der Waals surface area contributed by atoms with Gasteiger partial charge in [-0.05, 0) is 30.2 Å². The summed E-state index contributed by atoms with van der Waals surface area (Å²) in [6, 6.07) is 3.44. The third-order valence-corrected chi connectivity index (χ3v) is 3.19. The molecule has 3 nitrogen and oxygen atoms in total. The van der Waals surface area contributed by atoms with E-state index < -0.39 is 0 Å². The molecule has 1 rings (SSSR count). The number of hydrogen-bond acceptors (Lipinski definition) is 3. The van der Waals surface area contributed by atoms with E-state index in [0.29, 0.717) is 5.56 Å². The summed E-state index contributed by atoms with van der Waals surface area (Å²) in [6.07, 6.45) is 0.930. The fraction of sp³-hybridized carbons (Fsp3) is 0.273. The molecular formula is C11H11BrO3. The second-order valence-corrected chi connectivity index (χ2v) is 3.97. The Kier molecular flexibility index (Phi) is 4.03. The van der Waals surface area contributed by atoms with E-state index in [4.69, 9.17) is 0 Å². The van der Waals surface area contributed by atoms with Crippen LogP contribution in [0.15, 0.2) is 16.6 Å². The Morgan fingerprint density at radius 3 is 2.73 bits per heavy atom. The summed E-state index contributed by atoms with van der Waals surface area (Å²) >= 11 is 3.38. The molecule has 1 aromatic carbocycles. The van der Waals surface area contributed by atoms with Gasteiger partial charge in [-0.2, -0.15) is 0 Å². The lowest BCUT2D eigenvalue weighted by molar-refractivity contribution is -0.139. The summed E-state index contributed by atoms with van der Waals surface area (Å²) in [6.45, 7) is 1.87. The molecule has 1 aromatic rings. The van der Waals surface area contributed by atoms with E-state index in [2.05, 4.69) is 20.7 Å². The minimum atomic E-state index is -0.321. The lowest BCUT2D eigenvalue weighted by Crippen LogP contribution is -2.06. The standard InChI is InChI=1S/C11H11BrO3/c1-7-3-8(6-13)4-9(11(7)12)5-10(14)15-2/h3-4,6H,5H2,1-2H3. The van der Waals surface area contributed by atoms with Crippen molar-refractivity contribution in [2.24, 2.45) is 0 Å². The number of carbonyl (C=O) groups is 2. The SMILES string of the molecule is COC(=O)Cc1cc(C=O)cc(C)c1Br. The summed E-state index contributed by atoms with van der Waals surface area (Å²) in [5.41, 5.74) is 2.26. The summed E-state index contributed by atoms with van der Waals surface area (Å²) in [5.74, 6) is -0.321. The number of carbonyl (C=O) groups excluding carboxylic acids is 2. The molecule has 15 heavy (non-hydrogen) atoms. The molecule has 4 heteroatoms. The van der Waals surface area contributed by atoms with Crippen LogP contribution in [-0.2, 0) is 16.0 Å². The molecule has 0 saturated heterocycles. The molecule has 80 valence electrons. The van der Waals surface area contributed by atoms with Crippen LogP contribution in [0.2, 0.25) is 0 Å². The molecule has 0 radical (unpaired) electrons. The van der Waals surface area contributed by atoms with Crippen LogP contribution in [0, 0.1) is 6.92 Å². The van der Waals surface area contributed by atoms with Crippen molar-refractivity contribution in [3.63, 3.8) is 0 Å². The highest BCUT2D eigenvalue weighted by molar-refractivity contribution is 9.10. The second-order valence-electron chi connectivity index (χ2n) is 3.18. The number of ether oxygens (including phenoxy) is 1. The van der Waals surface area contributed by atoms with Crippen LogP contribution >= 0.6 is 15.9 Å². The molecule has 0 heterocycles. The fourth-order valence-electron chi connectivity index (χ4n) is 1.30. The van der Waals surface area contributed by atoms with Crippen LogP contribution in [0.25, 0.3) is 0 Å². The van der Waals surface area contributed by atoms with Crippen molar-refractivity contribution in [1.82, 2.24) is 0 Å². The third kappa shape index (κ3) is 2.89. The van der Waals surface area contributed by atoms with Crippen LogP contribution in [-0.4, -0.2) is 19.4 Å². The maximum absolute atomic E-state index is 11.1. The lowest BCUT2D eigenvalue weighted by atomic mass is 10.0. The molecule has 0 aromatic heterocycles. The Morgan fingerprint density at radius 2 is 2.20 bits per heavy atom. The van der Waals surface area contributed by atoms with E-state index >= 15 is 0 Å². The van der Waals surface area contributed by atoms with Crippen molar-refractivity contribution in [3.05, 3.63) is 33.3 Å². The van der Waals surface area contributed by atoms with Crippen molar-refractivity contribution >= 4 is 28.2 Å². The number of rotatable bonds is 3. The van der Waals surface area contributed by atoms with Crippen molar-refractivity contribution in [3.8, 4) is 0 Å². The van der Waals surface area contributed by atoms with Gasteiger partial charge < -0.3 is 4.74 Å². The van der Waals surface area contributed by atoms with Gasteiger partial charge in [-0.25, -0.2) is 0 Å². The summed E-state index contributed by atoms with van der Waals surface area (Å²) in [7, 11) is 1.34. The number of methoxy groups -OCH3 is 1. The van der Waals surface area contributed by atoms with Crippen molar-refractivity contribution in [1.29, 1.82) is 0 Å². The molecule has 0 bridgehead atoms. The zero-order valence-corrected chi connectivity index (χ0v) is 10.1. The zero-order chi connectivity index (χ0) is 11.4. The largest absolute Gasteiger partial charge is 0.469 e. The van der Waals surface area contributed by atoms with Crippen LogP contribution in [0.3, 0.4) is 0 Å². The van der Waals surface area contributed by atoms with Crippen molar-refractivity contribution in [2.75, 3.05) is 7.11 Å². The van der Waals surface area contributed by atoms with Gasteiger partial charge in [-0.1, -0.05) is 15.9 Å². The highest BCUT2D eigenvalue weighted by Gasteiger charge is 2.10. The number of halogens is 1. The van der Waals surface area contributed by atoms with Gasteiger partial charge in [0, 0.05) is 10.0 Å². The molecule has 0 aliphatic heterocycles. The first-order valence-corrected chi connectivity index (χ1v) is 5.18. The normalized spacial score (nSPS) is 9.80. The molecule has 0 atom stereocenters. The highest BCUT2D eigenvalue weighted by atomic mass is 79.9. The minimum Gasteiger partial charge on any atom is -0.469 e. The van der Waals surface area contributed by atoms with Crippen molar-refractivity contribution in [2.45, 2.75) is 13.3 Å². The lowest BCUT2D eigenvalue weighted by Gasteiger charge is -2.07. The van der Waals surface area contributed by atoms with Gasteiger partial charge in [0.1, 0.15) is 6.29 Å². The average Bonchev–Trinajstić information content (AvgIpc) is 2.24. The van der Waals surface area contributed by atoms with Gasteiger partial charge in [0.2, 0.25) is 0 Å². The van der Waals surface area contributed by atoms with Crippen LogP contribution in [0.5, 0.6) is 0 Å². The van der Waals surface area contributed by atoms with Crippen LogP contribution in [0.1, 0.15) is 21.5 Å². The molecule has 0 aliphatic carbocycles. The smallest absolute Gasteiger partial charge is 0.310 e. The Morgan fingerprint density at radius 1 is 1.53 bits per heavy atom. The highest BCUT2D eigenvalue weighted by Crippen LogP contribution is 2.23. The Hall–Kier alpha value is -1.16. The number of aryl methyl sites for hydroxylation is 1. The molecule has 0 amide bonds. The molecule has 0 N–H and O–H groups in total. The van der Waals surface area contributed by atoms with E-state index in [-0.39, 0.29) is 12.4 Å². The zero-order valence-electron chi connectivity index (χ0n) is 8.54. The monoisotopic (exact) mass is 270 g/mol. The minimum absolute atomic E-state index is 0.166. The summed E-state index contributed by atoms with van der Waals surface area (Å²) < 4.78 is 5.42. The number of hydrogen-bond donors (Lipinski definition) is 0. The van der Waals surface area contributed by atoms with Crippen molar-refractivity contribution < 1.29 is 14.3 Å². The van der Waals surface area contributed by atoms with E-state index in [1.54, 1.807) is 12.1 Å². The average molecular weight is 271 g/mol. The third-order valence-electron chi connectivity index (χ3n) is 2.05. The molecular weight excluding hydrogens is 260 g/mol. The van der Waals surface area contributed by atoms with Gasteiger partial charge in [0.25, 0.3) is 0 Å². The Balaban J connectivity index is 3.10. The number of esters is 1. The maximum atomic E-state index is 11.1. The molecule has 0 unspecified atom stereocenters. The van der Waals surface area contributed by atoms with E-state index in [1.165, 1.54) is 7.11 Å². The predicted octanol–water partition coefficient (Wildman–Crippen LogP) is 2.29. The molecule has 0 fully saturated rings. The first kappa shape index (κ1) is 11.9.